The van der Waals surface area contributed by atoms with Crippen LogP contribution in [0.3, 0.4) is 0 Å². The number of benzene rings is 2. The van der Waals surface area contributed by atoms with E-state index in [4.69, 9.17) is 11.6 Å². The van der Waals surface area contributed by atoms with Crippen molar-refractivity contribution >= 4 is 39.6 Å². The van der Waals surface area contributed by atoms with Crippen LogP contribution in [0.15, 0.2) is 54.6 Å². The number of nitriles is 1. The van der Waals surface area contributed by atoms with Gasteiger partial charge in [-0.15, -0.1) is 11.3 Å². The molecule has 2 N–H and O–H groups in total. The molecule has 156 valence electrons. The van der Waals surface area contributed by atoms with Gasteiger partial charge in [0.2, 0.25) is 5.78 Å². The van der Waals surface area contributed by atoms with Gasteiger partial charge in [0.25, 0.3) is 5.91 Å². The topological polar surface area (TPSA) is 82.0 Å². The lowest BCUT2D eigenvalue weighted by molar-refractivity contribution is 0.0869. The molecule has 1 aromatic heterocycles. The van der Waals surface area contributed by atoms with E-state index in [0.29, 0.717) is 26.7 Å². The van der Waals surface area contributed by atoms with Gasteiger partial charge in [-0.1, -0.05) is 41.9 Å². The minimum atomic E-state index is -1.02. The number of Topliss-reactive ketones (excluding diaryl/α,β-unsaturated/α-hetero) is 1. The van der Waals surface area contributed by atoms with Gasteiger partial charge in [-0.25, -0.2) is 0 Å². The zero-order valence-corrected chi connectivity index (χ0v) is 18.2. The molecule has 0 saturated carbocycles. The van der Waals surface area contributed by atoms with Crippen LogP contribution >= 0.6 is 22.9 Å². The maximum Gasteiger partial charge on any atom is 0.253 e. The molecule has 0 spiro atoms. The maximum atomic E-state index is 13.2. The standard InChI is InChI=1S/C24H20ClN3O2S/c25-17-12-10-16(11-13-17)23(30)27-22(21(29)15-6-2-1-3-7-15)28-24-19(14-26)18-8-4-5-9-20(18)31-24/h1-3,6-7,10-13,22,28H,4-5,8-9H2,(H,27,30)/t22-/m1/s1. The first-order valence-corrected chi connectivity index (χ1v) is 11.2. The fourth-order valence-corrected chi connectivity index (χ4v) is 5.06. The molecule has 0 unspecified atom stereocenters. The van der Waals surface area contributed by atoms with Crippen molar-refractivity contribution in [3.63, 3.8) is 0 Å². The molecule has 31 heavy (non-hydrogen) atoms. The van der Waals surface area contributed by atoms with E-state index in [0.717, 1.165) is 31.2 Å². The van der Waals surface area contributed by atoms with Crippen LogP contribution in [-0.2, 0) is 12.8 Å². The van der Waals surface area contributed by atoms with E-state index in [9.17, 15) is 14.9 Å². The van der Waals surface area contributed by atoms with Crippen LogP contribution in [0, 0.1) is 11.3 Å². The van der Waals surface area contributed by atoms with Gasteiger partial charge in [-0.3, -0.25) is 9.59 Å². The Bertz CT molecular complexity index is 1150. The number of hydrogen-bond donors (Lipinski definition) is 2. The molecule has 3 aromatic rings. The van der Waals surface area contributed by atoms with Crippen LogP contribution in [0.2, 0.25) is 5.02 Å². The third-order valence-corrected chi connectivity index (χ3v) is 6.74. The number of rotatable bonds is 6. The van der Waals surface area contributed by atoms with Gasteiger partial charge in [0.1, 0.15) is 11.1 Å². The number of anilines is 1. The highest BCUT2D eigenvalue weighted by Crippen LogP contribution is 2.38. The number of hydrogen-bond acceptors (Lipinski definition) is 5. The summed E-state index contributed by atoms with van der Waals surface area (Å²) in [7, 11) is 0. The summed E-state index contributed by atoms with van der Waals surface area (Å²) in [4.78, 5) is 27.3. The fraction of sp³-hybridized carbons (Fsp3) is 0.208. The maximum absolute atomic E-state index is 13.2. The number of thiophene rings is 1. The average molecular weight is 450 g/mol. The number of halogens is 1. The van der Waals surface area contributed by atoms with Crippen LogP contribution in [0.1, 0.15) is 49.6 Å². The summed E-state index contributed by atoms with van der Waals surface area (Å²) in [5.74, 6) is -0.684. The van der Waals surface area contributed by atoms with Gasteiger partial charge in [0.15, 0.2) is 6.17 Å². The lowest BCUT2D eigenvalue weighted by Crippen LogP contribution is -2.46. The molecule has 0 bridgehead atoms. The van der Waals surface area contributed by atoms with Crippen LogP contribution in [0.4, 0.5) is 5.00 Å². The van der Waals surface area contributed by atoms with Crippen LogP contribution in [-0.4, -0.2) is 17.9 Å². The Morgan fingerprint density at radius 3 is 2.42 bits per heavy atom. The van der Waals surface area contributed by atoms with Crippen molar-refractivity contribution < 1.29 is 9.59 Å². The number of nitrogens with zero attached hydrogens (tertiary/aromatic N) is 1. The number of fused-ring (bicyclic) bond motifs is 1. The molecule has 1 aliphatic carbocycles. The van der Waals surface area contributed by atoms with E-state index in [-0.39, 0.29) is 5.78 Å². The Morgan fingerprint density at radius 2 is 1.71 bits per heavy atom. The van der Waals surface area contributed by atoms with Crippen molar-refractivity contribution in [3.05, 3.63) is 86.8 Å². The van der Waals surface area contributed by atoms with Crippen molar-refractivity contribution in [1.29, 1.82) is 5.26 Å². The SMILES string of the molecule is N#Cc1c(N[C@@H](NC(=O)c2ccc(Cl)cc2)C(=O)c2ccccc2)sc2c1CCCC2. The van der Waals surface area contributed by atoms with E-state index in [1.807, 2.05) is 6.07 Å². The second-order valence-electron chi connectivity index (χ2n) is 7.31. The zero-order chi connectivity index (χ0) is 21.8. The first-order chi connectivity index (χ1) is 15.1. The smallest absolute Gasteiger partial charge is 0.253 e. The fourth-order valence-electron chi connectivity index (χ4n) is 3.67. The van der Waals surface area contributed by atoms with Gasteiger partial charge in [0.05, 0.1) is 5.56 Å². The molecule has 7 heteroatoms. The third kappa shape index (κ3) is 4.63. The lowest BCUT2D eigenvalue weighted by Gasteiger charge is -2.20. The summed E-state index contributed by atoms with van der Waals surface area (Å²) in [5, 5.41) is 16.8. The summed E-state index contributed by atoms with van der Waals surface area (Å²) in [6.45, 7) is 0. The average Bonchev–Trinajstić information content (AvgIpc) is 3.16. The largest absolute Gasteiger partial charge is 0.349 e. The summed E-state index contributed by atoms with van der Waals surface area (Å²) in [5.41, 5.74) is 2.50. The van der Waals surface area contributed by atoms with E-state index in [1.54, 1.807) is 48.5 Å². The van der Waals surface area contributed by atoms with Gasteiger partial charge < -0.3 is 10.6 Å². The molecule has 1 amide bonds. The summed E-state index contributed by atoms with van der Waals surface area (Å²) < 4.78 is 0. The van der Waals surface area contributed by atoms with E-state index in [2.05, 4.69) is 16.7 Å². The van der Waals surface area contributed by atoms with Crippen LogP contribution < -0.4 is 10.6 Å². The number of carbonyl (C=O) groups is 2. The van der Waals surface area contributed by atoms with E-state index in [1.165, 1.54) is 16.2 Å². The van der Waals surface area contributed by atoms with Gasteiger partial charge in [0, 0.05) is 21.0 Å². The lowest BCUT2D eigenvalue weighted by atomic mass is 9.96. The first kappa shape index (κ1) is 21.1. The molecule has 1 aliphatic rings. The van der Waals surface area contributed by atoms with E-state index < -0.39 is 12.1 Å². The minimum absolute atomic E-state index is 0.279. The number of carbonyl (C=O) groups excluding carboxylic acids is 2. The molecule has 1 atom stereocenters. The predicted molar refractivity (Wildman–Crippen MR) is 123 cm³/mol. The Morgan fingerprint density at radius 1 is 1.00 bits per heavy atom. The second kappa shape index (κ2) is 9.34. The molecule has 5 nitrogen and oxygen atoms in total. The Kier molecular flexibility index (Phi) is 6.36. The molecule has 1 heterocycles. The predicted octanol–water partition coefficient (Wildman–Crippen LogP) is 5.20. The molecule has 2 aromatic carbocycles. The van der Waals surface area contributed by atoms with E-state index >= 15 is 0 Å². The minimum Gasteiger partial charge on any atom is -0.349 e. The molecular weight excluding hydrogens is 430 g/mol. The monoisotopic (exact) mass is 449 g/mol. The number of aryl methyl sites for hydroxylation is 1. The molecule has 0 radical (unpaired) electrons. The van der Waals surface area contributed by atoms with Crippen molar-refractivity contribution in [2.75, 3.05) is 5.32 Å². The van der Waals surface area contributed by atoms with Crippen LogP contribution in [0.25, 0.3) is 0 Å². The Labute approximate surface area is 189 Å². The van der Waals surface area contributed by atoms with Gasteiger partial charge >= 0.3 is 0 Å². The normalized spacial score (nSPS) is 13.5. The highest BCUT2D eigenvalue weighted by molar-refractivity contribution is 7.16. The second-order valence-corrected chi connectivity index (χ2v) is 8.86. The molecular formula is C24H20ClN3O2S. The quantitative estimate of drug-likeness (QED) is 0.400. The van der Waals surface area contributed by atoms with Crippen molar-refractivity contribution in [2.45, 2.75) is 31.8 Å². The molecule has 0 aliphatic heterocycles. The highest BCUT2D eigenvalue weighted by atomic mass is 35.5. The molecule has 0 saturated heterocycles. The molecule has 0 fully saturated rings. The number of ketones is 1. The Hall–Kier alpha value is -3.14. The number of amides is 1. The van der Waals surface area contributed by atoms with Gasteiger partial charge in [-0.2, -0.15) is 5.26 Å². The summed E-state index contributed by atoms with van der Waals surface area (Å²) in [6.07, 6.45) is 2.93. The first-order valence-electron chi connectivity index (χ1n) is 10.0. The van der Waals surface area contributed by atoms with Crippen LogP contribution in [0.5, 0.6) is 0 Å². The van der Waals surface area contributed by atoms with Crippen molar-refractivity contribution in [3.8, 4) is 6.07 Å². The third-order valence-electron chi connectivity index (χ3n) is 5.26. The zero-order valence-electron chi connectivity index (χ0n) is 16.7. The summed E-state index contributed by atoms with van der Waals surface area (Å²) in [6, 6.07) is 17.5. The molecule has 4 rings (SSSR count). The van der Waals surface area contributed by atoms with Crippen molar-refractivity contribution in [1.82, 2.24) is 5.32 Å². The Balaban J connectivity index is 1.65. The summed E-state index contributed by atoms with van der Waals surface area (Å²) >= 11 is 7.41. The number of nitrogens with one attached hydrogen (secondary N) is 2. The highest BCUT2D eigenvalue weighted by Gasteiger charge is 2.27. The van der Waals surface area contributed by atoms with Crippen molar-refractivity contribution in [2.24, 2.45) is 0 Å². The van der Waals surface area contributed by atoms with Gasteiger partial charge in [-0.05, 0) is 55.5 Å².